The van der Waals surface area contributed by atoms with Crippen molar-refractivity contribution < 1.29 is 14.5 Å². The van der Waals surface area contributed by atoms with Gasteiger partial charge in [-0.15, -0.1) is 0 Å². The highest BCUT2D eigenvalue weighted by molar-refractivity contribution is 6.37. The Kier molecular flexibility index (Phi) is 6.35. The zero-order valence-corrected chi connectivity index (χ0v) is 21.8. The van der Waals surface area contributed by atoms with Crippen molar-refractivity contribution in [1.82, 2.24) is 14.5 Å². The number of carbonyl (C=O) groups is 2. The molecule has 3 heterocycles. The third-order valence-electron chi connectivity index (χ3n) is 7.23. The SMILES string of the molecule is Cn1ccnc1-c1ccc(N/C(=C2\C(=O)Nc3ccc([N+](=O)[O-])cc32)c2ccc(CN3CCCC3=O)cc2)cc1. The highest BCUT2D eigenvalue weighted by atomic mass is 16.6. The number of hydrogen-bond acceptors (Lipinski definition) is 6. The number of imidazole rings is 1. The number of nitro benzene ring substituents is 1. The summed E-state index contributed by atoms with van der Waals surface area (Å²) in [5, 5.41) is 17.7. The van der Waals surface area contributed by atoms with E-state index in [1.54, 1.807) is 12.3 Å². The van der Waals surface area contributed by atoms with E-state index in [-0.39, 0.29) is 17.5 Å². The molecule has 0 saturated carbocycles. The van der Waals surface area contributed by atoms with E-state index in [9.17, 15) is 19.7 Å². The first-order valence-corrected chi connectivity index (χ1v) is 12.9. The Morgan fingerprint density at radius 1 is 1.07 bits per heavy atom. The summed E-state index contributed by atoms with van der Waals surface area (Å²) in [6.07, 6.45) is 5.07. The van der Waals surface area contributed by atoms with Crippen LogP contribution in [0.15, 0.2) is 79.1 Å². The number of benzene rings is 3. The molecule has 1 fully saturated rings. The molecule has 0 atom stereocenters. The number of rotatable bonds is 7. The van der Waals surface area contributed by atoms with Crippen molar-refractivity contribution in [3.8, 4) is 11.4 Å². The average molecular weight is 535 g/mol. The van der Waals surface area contributed by atoms with Gasteiger partial charge in [0.25, 0.3) is 11.6 Å². The van der Waals surface area contributed by atoms with Crippen molar-refractivity contribution in [2.75, 3.05) is 17.2 Å². The van der Waals surface area contributed by atoms with Gasteiger partial charge in [0.15, 0.2) is 0 Å². The molecule has 1 saturated heterocycles. The standard InChI is InChI=1S/C30H26N6O4/c1-34-16-14-31-29(34)21-8-10-22(11-9-21)32-28(20-6-4-19(5-7-20)18-35-15-2-3-26(35)37)27-24-17-23(36(39)40)12-13-25(24)33-30(27)38/h4-14,16-17,32H,2-3,15,18H2,1H3,(H,33,38)/b28-27-. The number of amides is 2. The van der Waals surface area contributed by atoms with E-state index in [2.05, 4.69) is 15.6 Å². The first-order chi connectivity index (χ1) is 19.4. The Labute approximate surface area is 230 Å². The van der Waals surface area contributed by atoms with Gasteiger partial charge in [0.2, 0.25) is 5.91 Å². The van der Waals surface area contributed by atoms with Crippen molar-refractivity contribution in [2.24, 2.45) is 7.05 Å². The molecular formula is C30H26N6O4. The lowest BCUT2D eigenvalue weighted by molar-refractivity contribution is -0.384. The molecule has 0 radical (unpaired) electrons. The Morgan fingerprint density at radius 3 is 2.50 bits per heavy atom. The molecule has 0 aliphatic carbocycles. The third kappa shape index (κ3) is 4.71. The van der Waals surface area contributed by atoms with E-state index in [4.69, 9.17) is 0 Å². The summed E-state index contributed by atoms with van der Waals surface area (Å²) in [7, 11) is 1.93. The largest absolute Gasteiger partial charge is 0.354 e. The first-order valence-electron chi connectivity index (χ1n) is 12.9. The number of anilines is 2. The van der Waals surface area contributed by atoms with E-state index in [1.165, 1.54) is 12.1 Å². The van der Waals surface area contributed by atoms with Crippen LogP contribution in [-0.4, -0.2) is 37.7 Å². The number of nitrogens with one attached hydrogen (secondary N) is 2. The molecule has 10 nitrogen and oxygen atoms in total. The highest BCUT2D eigenvalue weighted by Crippen LogP contribution is 2.39. The summed E-state index contributed by atoms with van der Waals surface area (Å²) in [6, 6.07) is 19.7. The topological polar surface area (TPSA) is 122 Å². The lowest BCUT2D eigenvalue weighted by atomic mass is 9.98. The number of non-ortho nitro benzene ring substituents is 1. The van der Waals surface area contributed by atoms with Crippen LogP contribution in [0.1, 0.15) is 29.5 Å². The maximum Gasteiger partial charge on any atom is 0.270 e. The second kappa shape index (κ2) is 10.1. The van der Waals surface area contributed by atoms with Crippen molar-refractivity contribution >= 4 is 40.1 Å². The van der Waals surface area contributed by atoms with Crippen molar-refractivity contribution in [3.63, 3.8) is 0 Å². The zero-order chi connectivity index (χ0) is 27.8. The maximum absolute atomic E-state index is 13.3. The van der Waals surface area contributed by atoms with Gasteiger partial charge >= 0.3 is 0 Å². The third-order valence-corrected chi connectivity index (χ3v) is 7.23. The summed E-state index contributed by atoms with van der Waals surface area (Å²) in [5.74, 6) is 0.631. The first kappa shape index (κ1) is 25.1. The number of likely N-dealkylation sites (tertiary alicyclic amines) is 1. The predicted octanol–water partition coefficient (Wildman–Crippen LogP) is 5.05. The van der Waals surface area contributed by atoms with Crippen LogP contribution in [0.25, 0.3) is 22.7 Å². The lowest BCUT2D eigenvalue weighted by Gasteiger charge is -2.18. The van der Waals surface area contributed by atoms with Crippen LogP contribution in [-0.2, 0) is 23.2 Å². The number of fused-ring (bicyclic) bond motifs is 1. The molecule has 40 heavy (non-hydrogen) atoms. The number of nitrogens with zero attached hydrogens (tertiary/aromatic N) is 4. The Morgan fingerprint density at radius 2 is 1.85 bits per heavy atom. The van der Waals surface area contributed by atoms with Gasteiger partial charge in [-0.2, -0.15) is 0 Å². The van der Waals surface area contributed by atoms with Gasteiger partial charge < -0.3 is 20.1 Å². The second-order valence-electron chi connectivity index (χ2n) is 9.87. The van der Waals surface area contributed by atoms with Gasteiger partial charge in [0, 0.05) is 73.6 Å². The zero-order valence-electron chi connectivity index (χ0n) is 21.8. The van der Waals surface area contributed by atoms with Crippen LogP contribution < -0.4 is 10.6 Å². The summed E-state index contributed by atoms with van der Waals surface area (Å²) in [4.78, 5) is 42.6. The number of aryl methyl sites for hydroxylation is 1. The highest BCUT2D eigenvalue weighted by Gasteiger charge is 2.30. The molecule has 0 unspecified atom stereocenters. The van der Waals surface area contributed by atoms with Gasteiger partial charge in [-0.3, -0.25) is 19.7 Å². The predicted molar refractivity (Wildman–Crippen MR) is 152 cm³/mol. The van der Waals surface area contributed by atoms with E-state index in [0.29, 0.717) is 35.5 Å². The van der Waals surface area contributed by atoms with Gasteiger partial charge in [-0.05, 0) is 47.9 Å². The van der Waals surface area contributed by atoms with Gasteiger partial charge in [0.05, 0.1) is 16.2 Å². The molecular weight excluding hydrogens is 508 g/mol. The van der Waals surface area contributed by atoms with Crippen LogP contribution in [0.5, 0.6) is 0 Å². The van der Waals surface area contributed by atoms with Crippen molar-refractivity contribution in [2.45, 2.75) is 19.4 Å². The molecule has 1 aromatic heterocycles. The smallest absolute Gasteiger partial charge is 0.270 e. The Hall–Kier alpha value is -5.25. The van der Waals surface area contributed by atoms with Crippen LogP contribution in [0.3, 0.4) is 0 Å². The van der Waals surface area contributed by atoms with Gasteiger partial charge in [0.1, 0.15) is 5.82 Å². The number of aromatic nitrogens is 2. The lowest BCUT2D eigenvalue weighted by Crippen LogP contribution is -2.23. The quantitative estimate of drug-likeness (QED) is 0.194. The van der Waals surface area contributed by atoms with Crippen molar-refractivity contribution in [3.05, 3.63) is 106 Å². The second-order valence-corrected chi connectivity index (χ2v) is 9.87. The Bertz CT molecular complexity index is 1670. The van der Waals surface area contributed by atoms with Gasteiger partial charge in [-0.25, -0.2) is 4.98 Å². The van der Waals surface area contributed by atoms with Crippen LogP contribution in [0, 0.1) is 10.1 Å². The van der Waals surface area contributed by atoms with E-state index < -0.39 is 4.92 Å². The molecule has 3 aromatic carbocycles. The van der Waals surface area contributed by atoms with E-state index in [0.717, 1.165) is 41.2 Å². The molecule has 0 spiro atoms. The van der Waals surface area contributed by atoms with E-state index in [1.807, 2.05) is 71.2 Å². The summed E-state index contributed by atoms with van der Waals surface area (Å²) in [6.45, 7) is 1.28. The fourth-order valence-corrected chi connectivity index (χ4v) is 5.16. The van der Waals surface area contributed by atoms with Crippen LogP contribution in [0.2, 0.25) is 0 Å². The number of hydrogen-bond donors (Lipinski definition) is 2. The molecule has 10 heteroatoms. The molecule has 2 aliphatic heterocycles. The minimum Gasteiger partial charge on any atom is -0.354 e. The summed E-state index contributed by atoms with van der Waals surface area (Å²) in [5.41, 5.74) is 5.09. The van der Waals surface area contributed by atoms with Crippen LogP contribution in [0.4, 0.5) is 17.1 Å². The molecule has 200 valence electrons. The molecule has 2 aliphatic rings. The minimum absolute atomic E-state index is 0.0999. The minimum atomic E-state index is -0.474. The molecule has 0 bridgehead atoms. The number of carbonyl (C=O) groups excluding carboxylic acids is 2. The van der Waals surface area contributed by atoms with Crippen LogP contribution >= 0.6 is 0 Å². The summed E-state index contributed by atoms with van der Waals surface area (Å²) >= 11 is 0. The molecule has 2 N–H and O–H groups in total. The maximum atomic E-state index is 13.3. The fraction of sp³-hybridized carbons (Fsp3) is 0.167. The molecule has 4 aromatic rings. The average Bonchev–Trinajstić information content (AvgIpc) is 3.65. The molecule has 6 rings (SSSR count). The fourth-order valence-electron chi connectivity index (χ4n) is 5.16. The van der Waals surface area contributed by atoms with Crippen molar-refractivity contribution in [1.29, 1.82) is 0 Å². The number of nitro groups is 1. The molecule has 2 amide bonds. The normalized spacial score (nSPS) is 15.7. The monoisotopic (exact) mass is 534 g/mol. The summed E-state index contributed by atoms with van der Waals surface area (Å²) < 4.78 is 1.93. The Balaban J connectivity index is 1.40. The van der Waals surface area contributed by atoms with Gasteiger partial charge in [-0.1, -0.05) is 24.3 Å². The van der Waals surface area contributed by atoms with E-state index >= 15 is 0 Å².